The molecule has 7 heteroatoms. The third-order valence-electron chi connectivity index (χ3n) is 3.25. The molecule has 2 N–H and O–H groups in total. The summed E-state index contributed by atoms with van der Waals surface area (Å²) >= 11 is 0. The summed E-state index contributed by atoms with van der Waals surface area (Å²) in [6.07, 6.45) is 0.747. The van der Waals surface area contributed by atoms with E-state index < -0.39 is 12.1 Å². The zero-order chi connectivity index (χ0) is 16.9. The molecule has 0 fully saturated rings. The van der Waals surface area contributed by atoms with Crippen LogP contribution < -0.4 is 5.32 Å². The molecule has 2 aromatic heterocycles. The van der Waals surface area contributed by atoms with Crippen molar-refractivity contribution in [2.75, 3.05) is 5.32 Å². The van der Waals surface area contributed by atoms with Gasteiger partial charge in [0.1, 0.15) is 12.2 Å². The highest BCUT2D eigenvalue weighted by Gasteiger charge is 2.16. The van der Waals surface area contributed by atoms with E-state index >= 15 is 0 Å². The Hall–Kier alpha value is -3.48. The first kappa shape index (κ1) is 15.4. The molecule has 1 aromatic carbocycles. The first-order valence-corrected chi connectivity index (χ1v) is 7.10. The van der Waals surface area contributed by atoms with Crippen LogP contribution in [-0.4, -0.2) is 27.1 Å². The topological polar surface area (TPSA) is 101 Å². The Morgan fingerprint density at radius 2 is 1.92 bits per heavy atom. The zero-order valence-corrected chi connectivity index (χ0v) is 12.5. The predicted octanol–water partition coefficient (Wildman–Crippen LogP) is 3.08. The maximum atomic E-state index is 11.9. The third kappa shape index (κ3) is 3.46. The summed E-state index contributed by atoms with van der Waals surface area (Å²) < 4.78 is 5.08. The molecular formula is C17H13N3O4. The molecule has 7 nitrogen and oxygen atoms in total. The molecule has 3 aromatic rings. The number of fused-ring (bicyclic) bond motifs is 1. The largest absolute Gasteiger partial charge is 0.478 e. The van der Waals surface area contributed by atoms with Crippen LogP contribution in [0.1, 0.15) is 15.9 Å². The van der Waals surface area contributed by atoms with Crippen LogP contribution in [0.4, 0.5) is 10.6 Å². The van der Waals surface area contributed by atoms with Crippen molar-refractivity contribution in [1.29, 1.82) is 0 Å². The van der Waals surface area contributed by atoms with E-state index in [1.165, 1.54) is 12.3 Å². The number of carbonyl (C=O) groups is 2. The minimum absolute atomic E-state index is 0.0703. The average Bonchev–Trinajstić information content (AvgIpc) is 2.60. The molecule has 2 heterocycles. The molecule has 0 aliphatic heterocycles. The first-order chi connectivity index (χ1) is 11.6. The first-order valence-electron chi connectivity index (χ1n) is 7.10. The Bertz CT molecular complexity index is 897. The molecule has 0 unspecified atom stereocenters. The second-order valence-electron chi connectivity index (χ2n) is 4.93. The van der Waals surface area contributed by atoms with Crippen LogP contribution in [0.5, 0.6) is 0 Å². The number of nitrogens with zero attached hydrogens (tertiary/aromatic N) is 2. The number of carbonyl (C=O) groups excluding carboxylic acids is 1. The van der Waals surface area contributed by atoms with Gasteiger partial charge >= 0.3 is 12.1 Å². The highest BCUT2D eigenvalue weighted by molar-refractivity contribution is 6.00. The van der Waals surface area contributed by atoms with Gasteiger partial charge in [-0.3, -0.25) is 5.32 Å². The molecular weight excluding hydrogens is 310 g/mol. The summed E-state index contributed by atoms with van der Waals surface area (Å²) in [6.45, 7) is 0.0703. The van der Waals surface area contributed by atoms with Crippen LogP contribution in [0.15, 0.2) is 54.7 Å². The van der Waals surface area contributed by atoms with Gasteiger partial charge in [-0.2, -0.15) is 0 Å². The maximum absolute atomic E-state index is 11.9. The van der Waals surface area contributed by atoms with Gasteiger partial charge in [0.2, 0.25) is 0 Å². The molecule has 120 valence electrons. The fourth-order valence-electron chi connectivity index (χ4n) is 2.12. The van der Waals surface area contributed by atoms with Crippen LogP contribution >= 0.6 is 0 Å². The van der Waals surface area contributed by atoms with Gasteiger partial charge in [-0.05, 0) is 23.8 Å². The lowest BCUT2D eigenvalue weighted by Crippen LogP contribution is -2.17. The van der Waals surface area contributed by atoms with Gasteiger partial charge in [0.05, 0.1) is 0 Å². The van der Waals surface area contributed by atoms with Crippen LogP contribution in [0, 0.1) is 0 Å². The van der Waals surface area contributed by atoms with E-state index in [4.69, 9.17) is 4.74 Å². The monoisotopic (exact) mass is 323 g/mol. The Kier molecular flexibility index (Phi) is 4.33. The molecule has 0 saturated heterocycles. The van der Waals surface area contributed by atoms with Crippen molar-refractivity contribution in [2.24, 2.45) is 0 Å². The molecule has 0 radical (unpaired) electrons. The maximum Gasteiger partial charge on any atom is 0.413 e. The lowest BCUT2D eigenvalue weighted by molar-refractivity contribution is 0.0698. The van der Waals surface area contributed by atoms with Crippen molar-refractivity contribution in [3.05, 3.63) is 65.9 Å². The second-order valence-corrected chi connectivity index (χ2v) is 4.93. The fourth-order valence-corrected chi connectivity index (χ4v) is 2.12. The number of aromatic carboxylic acids is 1. The summed E-state index contributed by atoms with van der Waals surface area (Å²) in [5.41, 5.74) is 1.02. The van der Waals surface area contributed by atoms with E-state index in [0.29, 0.717) is 11.0 Å². The number of pyridine rings is 2. The van der Waals surface area contributed by atoms with E-state index in [1.807, 2.05) is 30.3 Å². The van der Waals surface area contributed by atoms with E-state index in [1.54, 1.807) is 12.1 Å². The number of amides is 1. The van der Waals surface area contributed by atoms with Gasteiger partial charge in [-0.1, -0.05) is 30.3 Å². The van der Waals surface area contributed by atoms with Crippen molar-refractivity contribution in [3.63, 3.8) is 0 Å². The summed E-state index contributed by atoms with van der Waals surface area (Å²) in [6, 6.07) is 13.9. The van der Waals surface area contributed by atoms with Gasteiger partial charge in [0, 0.05) is 11.6 Å². The molecule has 24 heavy (non-hydrogen) atoms. The number of rotatable bonds is 4. The number of anilines is 1. The summed E-state index contributed by atoms with van der Waals surface area (Å²) in [4.78, 5) is 31.4. The number of ether oxygens (including phenoxy) is 1. The molecule has 0 atom stereocenters. The van der Waals surface area contributed by atoms with Crippen molar-refractivity contribution in [3.8, 4) is 0 Å². The van der Waals surface area contributed by atoms with Gasteiger partial charge in [0.25, 0.3) is 0 Å². The predicted molar refractivity (Wildman–Crippen MR) is 86.7 cm³/mol. The molecule has 1 amide bonds. The number of benzene rings is 1. The average molecular weight is 323 g/mol. The van der Waals surface area contributed by atoms with Crippen LogP contribution in [-0.2, 0) is 11.3 Å². The zero-order valence-electron chi connectivity index (χ0n) is 12.5. The number of hydrogen-bond donors (Lipinski definition) is 2. The smallest absolute Gasteiger partial charge is 0.413 e. The van der Waals surface area contributed by atoms with Gasteiger partial charge in [-0.15, -0.1) is 0 Å². The normalized spacial score (nSPS) is 10.3. The Labute approximate surface area is 136 Å². The SMILES string of the molecule is O=C(Nc1nc2ncccc2cc1C(=O)O)OCc1ccccc1. The van der Waals surface area contributed by atoms with Crippen molar-refractivity contribution in [1.82, 2.24) is 9.97 Å². The molecule has 0 bridgehead atoms. The highest BCUT2D eigenvalue weighted by atomic mass is 16.5. The van der Waals surface area contributed by atoms with E-state index in [-0.39, 0.29) is 18.0 Å². The van der Waals surface area contributed by atoms with Crippen molar-refractivity contribution in [2.45, 2.75) is 6.61 Å². The van der Waals surface area contributed by atoms with Crippen molar-refractivity contribution < 1.29 is 19.4 Å². The lowest BCUT2D eigenvalue weighted by atomic mass is 10.2. The van der Waals surface area contributed by atoms with Crippen LogP contribution in [0.3, 0.4) is 0 Å². The quantitative estimate of drug-likeness (QED) is 0.765. The standard InChI is InChI=1S/C17H13N3O4/c21-16(22)13-9-12-7-4-8-18-14(12)19-15(13)20-17(23)24-10-11-5-2-1-3-6-11/h1-9H,10H2,(H,21,22)(H,18,19,20,23). The number of hydrogen-bond acceptors (Lipinski definition) is 5. The number of aromatic nitrogens is 2. The fraction of sp³-hybridized carbons (Fsp3) is 0.0588. The van der Waals surface area contributed by atoms with Gasteiger partial charge < -0.3 is 9.84 Å². The minimum atomic E-state index is -1.20. The van der Waals surface area contributed by atoms with Gasteiger partial charge in [0.15, 0.2) is 11.5 Å². The van der Waals surface area contributed by atoms with E-state index in [9.17, 15) is 14.7 Å². The summed E-state index contributed by atoms with van der Waals surface area (Å²) in [7, 11) is 0. The molecule has 0 aliphatic rings. The number of nitrogens with one attached hydrogen (secondary N) is 1. The van der Waals surface area contributed by atoms with Crippen LogP contribution in [0.2, 0.25) is 0 Å². The molecule has 0 aliphatic carbocycles. The third-order valence-corrected chi connectivity index (χ3v) is 3.25. The molecule has 0 saturated carbocycles. The van der Waals surface area contributed by atoms with Crippen molar-refractivity contribution >= 4 is 28.9 Å². The summed E-state index contributed by atoms with van der Waals surface area (Å²) in [5, 5.41) is 12.2. The molecule has 3 rings (SSSR count). The lowest BCUT2D eigenvalue weighted by Gasteiger charge is -2.09. The second kappa shape index (κ2) is 6.74. The number of carboxylic acid groups (broad SMARTS) is 1. The Morgan fingerprint density at radius 1 is 1.12 bits per heavy atom. The van der Waals surface area contributed by atoms with Gasteiger partial charge in [-0.25, -0.2) is 19.6 Å². The molecule has 0 spiro atoms. The Balaban J connectivity index is 1.79. The van der Waals surface area contributed by atoms with E-state index in [2.05, 4.69) is 15.3 Å². The Morgan fingerprint density at radius 3 is 2.67 bits per heavy atom. The van der Waals surface area contributed by atoms with E-state index in [0.717, 1.165) is 5.56 Å². The summed E-state index contributed by atoms with van der Waals surface area (Å²) in [5.74, 6) is -1.31. The number of carboxylic acids is 1. The van der Waals surface area contributed by atoms with Crippen LogP contribution in [0.25, 0.3) is 11.0 Å². The minimum Gasteiger partial charge on any atom is -0.478 e. The highest BCUT2D eigenvalue weighted by Crippen LogP contribution is 2.19.